The van der Waals surface area contributed by atoms with Gasteiger partial charge in [-0.05, 0) is 58.6 Å². The summed E-state index contributed by atoms with van der Waals surface area (Å²) in [5, 5.41) is 13.6. The van der Waals surface area contributed by atoms with E-state index in [0.717, 1.165) is 37.1 Å². The Balaban J connectivity index is 1.37. The molecule has 0 bridgehead atoms. The molecule has 1 saturated carbocycles. The molecule has 4 N–H and O–H groups in total. The van der Waals surface area contributed by atoms with Crippen LogP contribution in [0.3, 0.4) is 0 Å². The molecular weight excluding hydrogens is 617 g/mol. The topological polar surface area (TPSA) is 182 Å². The summed E-state index contributed by atoms with van der Waals surface area (Å²) in [7, 11) is -4.60. The lowest BCUT2D eigenvalue weighted by atomic mass is 9.97. The zero-order valence-electron chi connectivity index (χ0n) is 25.1. The number of anilines is 1. The Bertz CT molecular complexity index is 1540. The van der Waals surface area contributed by atoms with Crippen molar-refractivity contribution in [2.45, 2.75) is 88.9 Å². The van der Waals surface area contributed by atoms with Crippen LogP contribution in [0.15, 0.2) is 36.7 Å². The van der Waals surface area contributed by atoms with Gasteiger partial charge in [-0.2, -0.15) is 15.1 Å². The predicted octanol–water partition coefficient (Wildman–Crippen LogP) is 4.15. The van der Waals surface area contributed by atoms with Crippen molar-refractivity contribution in [3.05, 3.63) is 36.7 Å². The summed E-state index contributed by atoms with van der Waals surface area (Å²) in [5.74, 6) is -4.17. The van der Waals surface area contributed by atoms with Crippen molar-refractivity contribution in [2.24, 2.45) is 0 Å². The molecule has 0 radical (unpaired) electrons. The zero-order chi connectivity index (χ0) is 32.4. The molecule has 17 heteroatoms. The number of nitrogen functional groups attached to an aromatic ring is 1. The fraction of sp³-hybridized carbons (Fsp3) is 0.571. The minimum Gasteiger partial charge on any atom is -0.476 e. The number of alkyl halides is 2. The molecule has 3 aromatic rings. The summed E-state index contributed by atoms with van der Waals surface area (Å²) in [6.45, 7) is 3.04. The number of rotatable bonds is 12. The molecule has 0 amide bonds. The van der Waals surface area contributed by atoms with Crippen LogP contribution >= 0.6 is 7.75 Å². The van der Waals surface area contributed by atoms with E-state index in [1.54, 1.807) is 25.1 Å². The van der Waals surface area contributed by atoms with Crippen molar-refractivity contribution in [1.82, 2.24) is 24.6 Å². The molecule has 3 unspecified atom stereocenters. The van der Waals surface area contributed by atoms with Crippen LogP contribution in [-0.4, -0.2) is 73.6 Å². The van der Waals surface area contributed by atoms with Crippen LogP contribution in [-0.2, 0) is 23.4 Å². The number of nitrogens with one attached hydrogen (secondary N) is 1. The van der Waals surface area contributed by atoms with E-state index < -0.39 is 50.2 Å². The minimum atomic E-state index is -4.60. The fourth-order valence-electron chi connectivity index (χ4n) is 5.31. The number of nitrogens with two attached hydrogens (primary N) is 1. The Morgan fingerprint density at radius 3 is 2.67 bits per heavy atom. The van der Waals surface area contributed by atoms with Gasteiger partial charge < -0.3 is 29.6 Å². The van der Waals surface area contributed by atoms with Gasteiger partial charge in [-0.1, -0.05) is 24.6 Å². The molecule has 1 saturated heterocycles. The third-order valence-electron chi connectivity index (χ3n) is 7.58. The first-order chi connectivity index (χ1) is 21.3. The molecule has 14 nitrogen and oxygen atoms in total. The molecule has 5 rings (SSSR count). The van der Waals surface area contributed by atoms with Gasteiger partial charge in [0, 0.05) is 0 Å². The van der Waals surface area contributed by atoms with Gasteiger partial charge in [0.25, 0.3) is 5.85 Å². The summed E-state index contributed by atoms with van der Waals surface area (Å²) in [6, 6.07) is 6.60. The van der Waals surface area contributed by atoms with E-state index >= 15 is 8.78 Å². The number of fused-ring (bicyclic) bond motifs is 1. The van der Waals surface area contributed by atoms with E-state index in [9.17, 15) is 14.5 Å². The molecule has 0 spiro atoms. The standard InChI is InChI=1S/C28H37F2N6O8P/c1-4-40-22-20-21(33-26(31)34-22)36(16-32-20)25-27(3,38)24(29)28(30,43-25)15-41-45(39,44-19-13-9-6-10-14-19)35-17(2)23(37)42-18-11-7-5-8-12-18/h6,9-10,13-14,16-18,24-25,38H,4-5,7-8,11-12,15H2,1-3H3,(H,35,39)(H2,31,33,34)/t17?,24-,25+,27+,28?,45?/m0/s1. The van der Waals surface area contributed by atoms with Gasteiger partial charge in [0.1, 0.15) is 30.1 Å². The molecule has 1 aliphatic carbocycles. The summed E-state index contributed by atoms with van der Waals surface area (Å²) in [5.41, 5.74) is 3.40. The second kappa shape index (κ2) is 13.1. The van der Waals surface area contributed by atoms with Crippen LogP contribution in [0.1, 0.15) is 59.1 Å². The number of imidazole rings is 1. The second-order valence-electron chi connectivity index (χ2n) is 11.2. The summed E-state index contributed by atoms with van der Waals surface area (Å²) in [6.07, 6.45) is 0.742. The first kappa shape index (κ1) is 32.9. The Labute approximate surface area is 258 Å². The molecular formula is C28H37F2N6O8P. The number of halogens is 2. The maximum absolute atomic E-state index is 16.3. The smallest absolute Gasteiger partial charge is 0.459 e. The largest absolute Gasteiger partial charge is 0.476 e. The fourth-order valence-corrected chi connectivity index (χ4v) is 6.81. The van der Waals surface area contributed by atoms with Gasteiger partial charge >= 0.3 is 13.7 Å². The van der Waals surface area contributed by atoms with Crippen molar-refractivity contribution in [1.29, 1.82) is 0 Å². The quantitative estimate of drug-likeness (QED) is 0.187. The van der Waals surface area contributed by atoms with Crippen molar-refractivity contribution < 1.29 is 46.5 Å². The number of aliphatic hydroxyl groups is 1. The molecule has 3 heterocycles. The number of esters is 1. The van der Waals surface area contributed by atoms with Crippen molar-refractivity contribution in [2.75, 3.05) is 18.9 Å². The maximum atomic E-state index is 16.3. The minimum absolute atomic E-state index is 0.0151. The third kappa shape index (κ3) is 7.04. The number of para-hydroxylation sites is 1. The van der Waals surface area contributed by atoms with Crippen LogP contribution in [0, 0.1) is 0 Å². The number of benzene rings is 1. The highest BCUT2D eigenvalue weighted by Crippen LogP contribution is 2.52. The van der Waals surface area contributed by atoms with E-state index in [4.69, 9.17) is 29.0 Å². The van der Waals surface area contributed by atoms with Gasteiger partial charge in [-0.15, -0.1) is 0 Å². The monoisotopic (exact) mass is 654 g/mol. The van der Waals surface area contributed by atoms with Crippen molar-refractivity contribution in [3.63, 3.8) is 0 Å². The zero-order valence-corrected chi connectivity index (χ0v) is 26.0. The van der Waals surface area contributed by atoms with Crippen LogP contribution < -0.4 is 20.1 Å². The average Bonchev–Trinajstić information content (AvgIpc) is 3.50. The first-order valence-corrected chi connectivity index (χ1v) is 16.2. The van der Waals surface area contributed by atoms with Gasteiger partial charge in [-0.3, -0.25) is 13.9 Å². The van der Waals surface area contributed by atoms with Crippen LogP contribution in [0.2, 0.25) is 0 Å². The van der Waals surface area contributed by atoms with E-state index in [1.165, 1.54) is 19.1 Å². The number of nitrogens with zero attached hydrogens (tertiary/aromatic N) is 4. The highest BCUT2D eigenvalue weighted by atomic mass is 31.2. The van der Waals surface area contributed by atoms with E-state index in [2.05, 4.69) is 20.0 Å². The number of aromatic nitrogens is 4. The third-order valence-corrected chi connectivity index (χ3v) is 9.20. The lowest BCUT2D eigenvalue weighted by Gasteiger charge is -2.28. The average molecular weight is 655 g/mol. The van der Waals surface area contributed by atoms with Crippen LogP contribution in [0.4, 0.5) is 14.7 Å². The Morgan fingerprint density at radius 2 is 1.98 bits per heavy atom. The lowest BCUT2D eigenvalue weighted by Crippen LogP contribution is -2.46. The van der Waals surface area contributed by atoms with Crippen LogP contribution in [0.25, 0.3) is 11.2 Å². The molecule has 1 aliphatic heterocycles. The van der Waals surface area contributed by atoms with Gasteiger partial charge in [-0.25, -0.2) is 18.3 Å². The lowest BCUT2D eigenvalue weighted by molar-refractivity contribution is -0.192. The van der Waals surface area contributed by atoms with Gasteiger partial charge in [0.15, 0.2) is 23.6 Å². The highest BCUT2D eigenvalue weighted by Gasteiger charge is 2.65. The molecule has 2 aromatic heterocycles. The van der Waals surface area contributed by atoms with Crippen LogP contribution in [0.5, 0.6) is 11.6 Å². The summed E-state index contributed by atoms with van der Waals surface area (Å²) in [4.78, 5) is 25.1. The SMILES string of the molecule is CCOc1nc(N)nc2c1ncn2[C@@H]1OC(F)(COP(=O)(NC(C)C(=O)OC2CCCCC2)Oc2ccccc2)[C@@H](F)[C@@]1(C)O. The molecule has 246 valence electrons. The number of carbonyl (C=O) groups excluding carboxylic acids is 1. The number of hydrogen-bond donors (Lipinski definition) is 3. The molecule has 45 heavy (non-hydrogen) atoms. The number of ether oxygens (including phenoxy) is 3. The van der Waals surface area contributed by atoms with Gasteiger partial charge in [0.05, 0.1) is 12.9 Å². The first-order valence-electron chi connectivity index (χ1n) is 14.7. The number of carbonyl (C=O) groups is 1. The van der Waals surface area contributed by atoms with E-state index in [1.807, 2.05) is 0 Å². The van der Waals surface area contributed by atoms with Crippen molar-refractivity contribution in [3.8, 4) is 11.6 Å². The normalized spacial score (nSPS) is 27.6. The summed E-state index contributed by atoms with van der Waals surface area (Å²) < 4.78 is 74.5. The second-order valence-corrected chi connectivity index (χ2v) is 12.9. The molecule has 1 aromatic carbocycles. The number of hydrogen-bond acceptors (Lipinski definition) is 12. The van der Waals surface area contributed by atoms with Crippen molar-refractivity contribution >= 4 is 30.8 Å². The predicted molar refractivity (Wildman–Crippen MR) is 157 cm³/mol. The molecule has 6 atom stereocenters. The Kier molecular flexibility index (Phi) is 9.61. The highest BCUT2D eigenvalue weighted by molar-refractivity contribution is 7.52. The van der Waals surface area contributed by atoms with E-state index in [0.29, 0.717) is 12.8 Å². The summed E-state index contributed by atoms with van der Waals surface area (Å²) >= 11 is 0. The molecule has 2 fully saturated rings. The maximum Gasteiger partial charge on any atom is 0.459 e. The van der Waals surface area contributed by atoms with E-state index in [-0.39, 0.29) is 41.5 Å². The Hall–Kier alpha value is -3.43. The van der Waals surface area contributed by atoms with Gasteiger partial charge in [0.2, 0.25) is 11.8 Å². The molecule has 2 aliphatic rings. The Morgan fingerprint density at radius 1 is 1.27 bits per heavy atom.